The van der Waals surface area contributed by atoms with Crippen LogP contribution in [0.4, 0.5) is 23.8 Å². The van der Waals surface area contributed by atoms with Gasteiger partial charge in [0, 0.05) is 49.7 Å². The van der Waals surface area contributed by atoms with Crippen molar-refractivity contribution in [1.82, 2.24) is 30.1 Å². The Bertz CT molecular complexity index is 2060. The van der Waals surface area contributed by atoms with Gasteiger partial charge in [-0.1, -0.05) is 12.0 Å². The average molecular weight is 702 g/mol. The van der Waals surface area contributed by atoms with Crippen molar-refractivity contribution in [3.63, 3.8) is 0 Å². The van der Waals surface area contributed by atoms with Crippen LogP contribution in [0.3, 0.4) is 0 Å². The molecule has 14 heteroatoms. The van der Waals surface area contributed by atoms with Crippen LogP contribution in [0.1, 0.15) is 37.7 Å². The highest BCUT2D eigenvalue weighted by atomic mass is 19.1. The van der Waals surface area contributed by atoms with Gasteiger partial charge in [-0.15, -0.1) is 6.42 Å². The molecule has 2 N–H and O–H groups in total. The fourth-order valence-corrected chi connectivity index (χ4v) is 8.60. The molecule has 51 heavy (non-hydrogen) atoms. The normalized spacial score (nSPS) is 24.3. The van der Waals surface area contributed by atoms with E-state index in [9.17, 15) is 18.7 Å². The molecule has 2 unspecified atom stereocenters. The lowest BCUT2D eigenvalue weighted by molar-refractivity contribution is 0.0795. The smallest absolute Gasteiger partial charge is 0.410 e. The van der Waals surface area contributed by atoms with E-state index < -0.39 is 23.3 Å². The number of carbonyl (C=O) groups excluding carboxylic acids is 1. The summed E-state index contributed by atoms with van der Waals surface area (Å²) in [4.78, 5) is 32.8. The monoisotopic (exact) mass is 701 g/mol. The van der Waals surface area contributed by atoms with Crippen LogP contribution in [0.15, 0.2) is 30.5 Å². The molecule has 0 aliphatic carbocycles. The van der Waals surface area contributed by atoms with Gasteiger partial charge in [-0.2, -0.15) is 9.97 Å². The van der Waals surface area contributed by atoms with Crippen molar-refractivity contribution >= 4 is 33.6 Å². The summed E-state index contributed by atoms with van der Waals surface area (Å²) in [6.07, 6.45) is 9.40. The molecule has 11 nitrogen and oxygen atoms in total. The standard InChI is InChI=1S/C37H38F3N7O4/c1-3-26-29(39)8-5-21-13-25(48)14-27(30(21)26)32-31(40)33-28(16-42-32)34(44-35(43-33)51-20-37-9-4-11-46(37)17-22(38)15-37)45-18-23-6-7-24(19-45)47(23)36(49)50-12-10-41-2/h1,5,8,13-14,16,22-24,41,48H,4,6-7,9-12,15,17-20H2,2H3/t22-,23?,24?,37+/m1/s1. The molecule has 4 atom stereocenters. The molecule has 8 rings (SSSR count). The number of nitrogens with zero attached hydrogens (tertiary/aromatic N) is 6. The van der Waals surface area contributed by atoms with Crippen molar-refractivity contribution in [3.8, 4) is 35.4 Å². The molecule has 4 fully saturated rings. The molecule has 2 aromatic heterocycles. The zero-order valence-electron chi connectivity index (χ0n) is 28.2. The summed E-state index contributed by atoms with van der Waals surface area (Å²) in [6, 6.07) is 5.00. The summed E-state index contributed by atoms with van der Waals surface area (Å²) in [5, 5.41) is 14.5. The Labute approximate surface area is 292 Å². The molecule has 2 bridgehead atoms. The van der Waals surface area contributed by atoms with E-state index in [1.807, 2.05) is 4.90 Å². The Hall–Kier alpha value is -4.87. The number of likely N-dealkylation sites (N-methyl/N-ethyl adjacent to an activating group) is 1. The van der Waals surface area contributed by atoms with Crippen LogP contribution >= 0.6 is 0 Å². The fraction of sp³-hybridized carbons (Fsp3) is 0.459. The van der Waals surface area contributed by atoms with Gasteiger partial charge in [0.25, 0.3) is 0 Å². The number of alkyl halides is 1. The number of terminal acetylenes is 1. The summed E-state index contributed by atoms with van der Waals surface area (Å²) in [7, 11) is 1.79. The molecule has 4 aromatic rings. The Balaban J connectivity index is 1.21. The largest absolute Gasteiger partial charge is 0.508 e. The lowest BCUT2D eigenvalue weighted by Gasteiger charge is -2.41. The summed E-state index contributed by atoms with van der Waals surface area (Å²) in [6.45, 7) is 2.88. The van der Waals surface area contributed by atoms with Gasteiger partial charge in [-0.05, 0) is 62.9 Å². The minimum absolute atomic E-state index is 0.0746. The second-order valence-electron chi connectivity index (χ2n) is 14.0. The van der Waals surface area contributed by atoms with Crippen LogP contribution in [-0.4, -0.2) is 113 Å². The van der Waals surface area contributed by atoms with Gasteiger partial charge >= 0.3 is 12.1 Å². The zero-order valence-corrected chi connectivity index (χ0v) is 28.2. The number of fused-ring (bicyclic) bond motifs is 5. The van der Waals surface area contributed by atoms with Crippen LogP contribution in [0.5, 0.6) is 11.8 Å². The molecule has 2 aromatic carbocycles. The second-order valence-corrected chi connectivity index (χ2v) is 14.0. The third-order valence-corrected chi connectivity index (χ3v) is 10.9. The van der Waals surface area contributed by atoms with Crippen molar-refractivity contribution in [2.45, 2.75) is 55.9 Å². The number of carbonyl (C=O) groups is 1. The van der Waals surface area contributed by atoms with Crippen LogP contribution < -0.4 is 15.0 Å². The van der Waals surface area contributed by atoms with Crippen molar-refractivity contribution in [1.29, 1.82) is 0 Å². The van der Waals surface area contributed by atoms with E-state index >= 15 is 4.39 Å². The Kier molecular flexibility index (Phi) is 8.50. The number of phenolic OH excluding ortho intramolecular Hbond substituents is 1. The van der Waals surface area contributed by atoms with E-state index in [1.165, 1.54) is 30.5 Å². The first-order valence-corrected chi connectivity index (χ1v) is 17.3. The predicted molar refractivity (Wildman–Crippen MR) is 184 cm³/mol. The SMILES string of the molecule is C#Cc1c(F)ccc2cc(O)cc(-c3ncc4c(N5CC6CCC(C5)N6C(=O)OCCNC)nc(OC[C@@]56CCCN5C[C@H](F)C6)nc4c3F)c12. The highest BCUT2D eigenvalue weighted by Gasteiger charge is 2.50. The van der Waals surface area contributed by atoms with Gasteiger partial charge in [0.15, 0.2) is 5.82 Å². The van der Waals surface area contributed by atoms with Crippen LogP contribution in [0.25, 0.3) is 32.9 Å². The number of halogens is 3. The molecule has 266 valence electrons. The number of ether oxygens (including phenoxy) is 2. The topological polar surface area (TPSA) is 116 Å². The van der Waals surface area contributed by atoms with Crippen LogP contribution in [0.2, 0.25) is 0 Å². The molecular weight excluding hydrogens is 663 g/mol. The molecule has 0 saturated carbocycles. The van der Waals surface area contributed by atoms with E-state index in [-0.39, 0.29) is 70.9 Å². The van der Waals surface area contributed by atoms with Crippen molar-refractivity contribution < 1.29 is 32.5 Å². The van der Waals surface area contributed by atoms with E-state index in [0.29, 0.717) is 49.2 Å². The molecular formula is C37H38F3N7O4. The number of anilines is 1. The second kappa shape index (κ2) is 13.0. The van der Waals surface area contributed by atoms with Crippen molar-refractivity contribution in [2.75, 3.05) is 57.9 Å². The maximum Gasteiger partial charge on any atom is 0.410 e. The number of aromatic hydroxyl groups is 1. The van der Waals surface area contributed by atoms with E-state index in [2.05, 4.69) is 26.1 Å². The number of hydrogen-bond acceptors (Lipinski definition) is 10. The van der Waals surface area contributed by atoms with Crippen molar-refractivity contribution in [3.05, 3.63) is 47.7 Å². The predicted octanol–water partition coefficient (Wildman–Crippen LogP) is 4.77. The minimum atomic E-state index is -0.959. The number of nitrogens with one attached hydrogen (secondary N) is 1. The summed E-state index contributed by atoms with van der Waals surface area (Å²) in [5.74, 6) is 1.07. The number of hydrogen-bond donors (Lipinski definition) is 2. The number of piperazine rings is 1. The number of aromatic nitrogens is 3. The molecule has 0 radical (unpaired) electrons. The fourth-order valence-electron chi connectivity index (χ4n) is 8.60. The molecule has 4 aliphatic heterocycles. The molecule has 4 saturated heterocycles. The van der Waals surface area contributed by atoms with Gasteiger partial charge < -0.3 is 24.8 Å². The first kappa shape index (κ1) is 33.3. The summed E-state index contributed by atoms with van der Waals surface area (Å²) < 4.78 is 58.2. The van der Waals surface area contributed by atoms with Gasteiger partial charge in [0.1, 0.15) is 48.0 Å². The quantitative estimate of drug-likeness (QED) is 0.197. The third kappa shape index (κ3) is 5.72. The first-order valence-electron chi connectivity index (χ1n) is 17.3. The van der Waals surface area contributed by atoms with Crippen LogP contribution in [0, 0.1) is 24.0 Å². The van der Waals surface area contributed by atoms with E-state index in [1.54, 1.807) is 11.9 Å². The van der Waals surface area contributed by atoms with Gasteiger partial charge in [0.2, 0.25) is 0 Å². The van der Waals surface area contributed by atoms with Crippen LogP contribution in [-0.2, 0) is 4.74 Å². The molecule has 0 spiro atoms. The number of pyridine rings is 1. The summed E-state index contributed by atoms with van der Waals surface area (Å²) in [5.41, 5.74) is -0.756. The first-order chi connectivity index (χ1) is 24.7. The van der Waals surface area contributed by atoms with E-state index in [4.69, 9.17) is 20.9 Å². The highest BCUT2D eigenvalue weighted by molar-refractivity contribution is 6.03. The van der Waals surface area contributed by atoms with Crippen molar-refractivity contribution in [2.24, 2.45) is 0 Å². The number of benzene rings is 2. The average Bonchev–Trinajstić information content (AvgIpc) is 3.73. The molecule has 6 heterocycles. The highest BCUT2D eigenvalue weighted by Crippen LogP contribution is 2.42. The number of amides is 1. The lowest BCUT2D eigenvalue weighted by atomic mass is 9.95. The van der Waals surface area contributed by atoms with Gasteiger partial charge in [-0.3, -0.25) is 14.8 Å². The number of rotatable bonds is 8. The Morgan fingerprint density at radius 3 is 2.75 bits per heavy atom. The summed E-state index contributed by atoms with van der Waals surface area (Å²) >= 11 is 0. The van der Waals surface area contributed by atoms with Gasteiger partial charge in [0.05, 0.1) is 28.6 Å². The van der Waals surface area contributed by atoms with E-state index in [0.717, 1.165) is 32.2 Å². The Morgan fingerprint density at radius 2 is 1.98 bits per heavy atom. The lowest BCUT2D eigenvalue weighted by Crippen LogP contribution is -2.56. The Morgan fingerprint density at radius 1 is 1.18 bits per heavy atom. The number of phenols is 1. The maximum atomic E-state index is 17.0. The minimum Gasteiger partial charge on any atom is -0.508 e. The molecule has 4 aliphatic rings. The van der Waals surface area contributed by atoms with Gasteiger partial charge in [-0.25, -0.2) is 18.0 Å². The molecule has 1 amide bonds. The third-order valence-electron chi connectivity index (χ3n) is 10.9. The zero-order chi connectivity index (χ0) is 35.4. The maximum absolute atomic E-state index is 17.0.